The van der Waals surface area contributed by atoms with Crippen molar-refractivity contribution in [3.05, 3.63) is 47.2 Å². The molecule has 0 radical (unpaired) electrons. The number of carboxylic acids is 1. The number of amides is 1. The minimum atomic E-state index is -1.22. The second kappa shape index (κ2) is 7.32. The molecule has 2 aromatic rings. The number of hydrogen-bond donors (Lipinski definition) is 2. The molecule has 1 aromatic heterocycles. The van der Waals surface area contributed by atoms with Crippen LogP contribution < -0.4 is 5.32 Å². The number of rotatable bonds is 5. The second-order valence-corrected chi connectivity index (χ2v) is 7.63. The summed E-state index contributed by atoms with van der Waals surface area (Å²) >= 11 is 6.14. The molecule has 1 amide bonds. The Bertz CT molecular complexity index is 856. The van der Waals surface area contributed by atoms with Gasteiger partial charge >= 0.3 is 5.97 Å². The molecule has 2 N–H and O–H groups in total. The van der Waals surface area contributed by atoms with E-state index in [1.807, 2.05) is 18.2 Å². The molecular weight excluding hydrogens is 370 g/mol. The maximum Gasteiger partial charge on any atom is 0.331 e. The van der Waals surface area contributed by atoms with Gasteiger partial charge in [0.05, 0.1) is 17.3 Å². The molecule has 144 valence electrons. The molecule has 0 spiro atoms. The molecule has 1 saturated heterocycles. The number of benzene rings is 1. The number of anilines is 1. The van der Waals surface area contributed by atoms with Crippen molar-refractivity contribution in [2.75, 3.05) is 18.5 Å². The summed E-state index contributed by atoms with van der Waals surface area (Å²) < 4.78 is 6.78. The van der Waals surface area contributed by atoms with Gasteiger partial charge < -0.3 is 15.2 Å². The Morgan fingerprint density at radius 3 is 2.67 bits per heavy atom. The standard InChI is InChI=1S/C19H22ClN3O4/c1-18(2,17(25)26)23-12-15(11-21-23)22-16(24)19(6-8-27-9-7-19)13-4-3-5-14(20)10-13/h3-5,10-12H,6-9H2,1-2H3,(H,22,24)(H,25,26). The van der Waals surface area contributed by atoms with Gasteiger partial charge in [-0.2, -0.15) is 5.10 Å². The zero-order chi connectivity index (χ0) is 19.7. The summed E-state index contributed by atoms with van der Waals surface area (Å²) in [6, 6.07) is 7.31. The van der Waals surface area contributed by atoms with Crippen LogP contribution >= 0.6 is 11.6 Å². The molecule has 0 saturated carbocycles. The first-order chi connectivity index (χ1) is 12.8. The van der Waals surface area contributed by atoms with Crippen LogP contribution in [-0.4, -0.2) is 40.0 Å². The normalized spacial score (nSPS) is 16.7. The fraction of sp³-hybridized carbons (Fsp3) is 0.421. The molecule has 0 atom stereocenters. The van der Waals surface area contributed by atoms with Crippen LogP contribution in [0.5, 0.6) is 0 Å². The monoisotopic (exact) mass is 391 g/mol. The molecule has 1 fully saturated rings. The highest BCUT2D eigenvalue weighted by Crippen LogP contribution is 2.37. The third kappa shape index (κ3) is 3.70. The zero-order valence-electron chi connectivity index (χ0n) is 15.2. The van der Waals surface area contributed by atoms with Crippen molar-refractivity contribution < 1.29 is 19.4 Å². The lowest BCUT2D eigenvalue weighted by atomic mass is 9.73. The summed E-state index contributed by atoms with van der Waals surface area (Å²) in [6.45, 7) is 4.04. The SMILES string of the molecule is CC(C)(C(=O)O)n1cc(NC(=O)C2(c3cccc(Cl)c3)CCOCC2)cn1. The highest BCUT2D eigenvalue weighted by atomic mass is 35.5. The van der Waals surface area contributed by atoms with E-state index < -0.39 is 16.9 Å². The van der Waals surface area contributed by atoms with Gasteiger partial charge in [-0.3, -0.25) is 9.48 Å². The van der Waals surface area contributed by atoms with E-state index in [1.165, 1.54) is 17.1 Å². The van der Waals surface area contributed by atoms with Crippen LogP contribution in [0, 0.1) is 0 Å². The number of aromatic nitrogens is 2. The average Bonchev–Trinajstić information content (AvgIpc) is 3.11. The van der Waals surface area contributed by atoms with E-state index >= 15 is 0 Å². The number of hydrogen-bond acceptors (Lipinski definition) is 4. The van der Waals surface area contributed by atoms with E-state index in [9.17, 15) is 14.7 Å². The highest BCUT2D eigenvalue weighted by Gasteiger charge is 2.42. The molecule has 2 heterocycles. The van der Waals surface area contributed by atoms with E-state index in [1.54, 1.807) is 19.9 Å². The molecule has 0 bridgehead atoms. The largest absolute Gasteiger partial charge is 0.479 e. The Labute approximate surface area is 162 Å². The van der Waals surface area contributed by atoms with E-state index in [0.29, 0.717) is 36.8 Å². The van der Waals surface area contributed by atoms with Crippen molar-refractivity contribution in [2.24, 2.45) is 0 Å². The first-order valence-corrected chi connectivity index (χ1v) is 9.07. The number of carbonyl (C=O) groups excluding carboxylic acids is 1. The van der Waals surface area contributed by atoms with Gasteiger partial charge in [0, 0.05) is 24.4 Å². The number of carbonyl (C=O) groups is 2. The van der Waals surface area contributed by atoms with Crippen molar-refractivity contribution in [1.82, 2.24) is 9.78 Å². The van der Waals surface area contributed by atoms with Gasteiger partial charge in [0.25, 0.3) is 0 Å². The number of halogens is 1. The van der Waals surface area contributed by atoms with Gasteiger partial charge in [0.15, 0.2) is 5.54 Å². The minimum absolute atomic E-state index is 0.180. The highest BCUT2D eigenvalue weighted by molar-refractivity contribution is 6.30. The topological polar surface area (TPSA) is 93.5 Å². The molecular formula is C19H22ClN3O4. The van der Waals surface area contributed by atoms with Gasteiger partial charge in [-0.25, -0.2) is 4.79 Å². The Morgan fingerprint density at radius 1 is 1.33 bits per heavy atom. The Hall–Kier alpha value is -2.38. The fourth-order valence-corrected chi connectivity index (χ4v) is 3.38. The summed E-state index contributed by atoms with van der Waals surface area (Å²) in [6.07, 6.45) is 4.05. The van der Waals surface area contributed by atoms with Gasteiger partial charge in [-0.1, -0.05) is 23.7 Å². The number of nitrogens with one attached hydrogen (secondary N) is 1. The zero-order valence-corrected chi connectivity index (χ0v) is 16.0. The number of carboxylic acid groups (broad SMARTS) is 1. The van der Waals surface area contributed by atoms with E-state index in [2.05, 4.69) is 10.4 Å². The summed E-state index contributed by atoms with van der Waals surface area (Å²) in [5.74, 6) is -1.19. The van der Waals surface area contributed by atoms with Gasteiger partial charge in [0.2, 0.25) is 5.91 Å². The Morgan fingerprint density at radius 2 is 2.04 bits per heavy atom. The molecule has 3 rings (SSSR count). The molecule has 7 nitrogen and oxygen atoms in total. The summed E-state index contributed by atoms with van der Waals surface area (Å²) in [5.41, 5.74) is -0.684. The average molecular weight is 392 g/mol. The summed E-state index contributed by atoms with van der Waals surface area (Å²) in [7, 11) is 0. The lowest BCUT2D eigenvalue weighted by molar-refractivity contribution is -0.146. The van der Waals surface area contributed by atoms with Crippen LogP contribution in [0.3, 0.4) is 0 Å². The predicted molar refractivity (Wildman–Crippen MR) is 101 cm³/mol. The Balaban J connectivity index is 1.88. The van der Waals surface area contributed by atoms with E-state index in [0.717, 1.165) is 5.56 Å². The van der Waals surface area contributed by atoms with Gasteiger partial charge in [-0.05, 0) is 44.4 Å². The fourth-order valence-electron chi connectivity index (χ4n) is 3.19. The first-order valence-electron chi connectivity index (χ1n) is 8.69. The molecule has 8 heteroatoms. The van der Waals surface area contributed by atoms with E-state index in [4.69, 9.17) is 16.3 Å². The van der Waals surface area contributed by atoms with Crippen LogP contribution in [0.4, 0.5) is 5.69 Å². The first kappa shape index (κ1) is 19.4. The number of aliphatic carboxylic acids is 1. The van der Waals surface area contributed by atoms with Crippen molar-refractivity contribution in [3.8, 4) is 0 Å². The third-order valence-electron chi connectivity index (χ3n) is 5.09. The van der Waals surface area contributed by atoms with Crippen LogP contribution in [-0.2, 0) is 25.3 Å². The van der Waals surface area contributed by atoms with Crippen LogP contribution in [0.1, 0.15) is 32.3 Å². The maximum atomic E-state index is 13.2. The van der Waals surface area contributed by atoms with Crippen LogP contribution in [0.2, 0.25) is 5.02 Å². The van der Waals surface area contributed by atoms with E-state index in [-0.39, 0.29) is 5.91 Å². The lowest BCUT2D eigenvalue weighted by Gasteiger charge is -2.36. The van der Waals surface area contributed by atoms with Crippen LogP contribution in [0.15, 0.2) is 36.7 Å². The molecule has 0 unspecified atom stereocenters. The van der Waals surface area contributed by atoms with Crippen molar-refractivity contribution >= 4 is 29.2 Å². The molecule has 27 heavy (non-hydrogen) atoms. The molecule has 1 aliphatic heterocycles. The summed E-state index contributed by atoms with van der Waals surface area (Å²) in [4.78, 5) is 24.6. The van der Waals surface area contributed by atoms with Crippen LogP contribution in [0.25, 0.3) is 0 Å². The van der Waals surface area contributed by atoms with Gasteiger partial charge in [0.1, 0.15) is 0 Å². The third-order valence-corrected chi connectivity index (χ3v) is 5.33. The van der Waals surface area contributed by atoms with Crippen molar-refractivity contribution in [3.63, 3.8) is 0 Å². The smallest absolute Gasteiger partial charge is 0.331 e. The second-order valence-electron chi connectivity index (χ2n) is 7.20. The molecule has 1 aromatic carbocycles. The number of ether oxygens (including phenoxy) is 1. The van der Waals surface area contributed by atoms with Gasteiger partial charge in [-0.15, -0.1) is 0 Å². The molecule has 1 aliphatic rings. The van der Waals surface area contributed by atoms with Crippen molar-refractivity contribution in [2.45, 2.75) is 37.6 Å². The Kier molecular flexibility index (Phi) is 5.26. The quantitative estimate of drug-likeness (QED) is 0.817. The maximum absolute atomic E-state index is 13.2. The van der Waals surface area contributed by atoms with Crippen molar-refractivity contribution in [1.29, 1.82) is 0 Å². The predicted octanol–water partition coefficient (Wildman–Crippen LogP) is 3.04. The summed E-state index contributed by atoms with van der Waals surface area (Å²) in [5, 5.41) is 16.9. The lowest BCUT2D eigenvalue weighted by Crippen LogP contribution is -2.44. The minimum Gasteiger partial charge on any atom is -0.479 e. The molecule has 0 aliphatic carbocycles. The number of nitrogens with zero attached hydrogens (tertiary/aromatic N) is 2.